The Hall–Kier alpha value is -2.70. The predicted molar refractivity (Wildman–Crippen MR) is 105 cm³/mol. The van der Waals surface area contributed by atoms with Crippen LogP contribution in [0.4, 0.5) is 4.39 Å². The highest BCUT2D eigenvalue weighted by Gasteiger charge is 2.17. The van der Waals surface area contributed by atoms with Crippen molar-refractivity contribution in [3.05, 3.63) is 59.9 Å². The molecule has 2 aromatic carbocycles. The molecule has 5 nitrogen and oxygen atoms in total. The minimum Gasteiger partial charge on any atom is -0.354 e. The van der Waals surface area contributed by atoms with Gasteiger partial charge in [-0.3, -0.25) is 4.79 Å². The second-order valence-electron chi connectivity index (χ2n) is 6.97. The molecule has 0 saturated carbocycles. The Kier molecular flexibility index (Phi) is 5.69. The highest BCUT2D eigenvalue weighted by molar-refractivity contribution is 5.91. The number of carbonyl (C=O) groups excluding carboxylic acids is 1. The zero-order valence-corrected chi connectivity index (χ0v) is 15.5. The van der Waals surface area contributed by atoms with Gasteiger partial charge >= 0.3 is 0 Å². The molecule has 0 spiro atoms. The van der Waals surface area contributed by atoms with Gasteiger partial charge in [0, 0.05) is 36.0 Å². The number of benzene rings is 2. The first kappa shape index (κ1) is 18.7. The number of ether oxygens (including phenoxy) is 1. The van der Waals surface area contributed by atoms with Gasteiger partial charge in [-0.15, -0.1) is 0 Å². The zero-order chi connectivity index (χ0) is 19.3. The van der Waals surface area contributed by atoms with E-state index in [0.29, 0.717) is 13.0 Å². The summed E-state index contributed by atoms with van der Waals surface area (Å²) in [5.41, 5.74) is 6.33. The third kappa shape index (κ3) is 4.24. The van der Waals surface area contributed by atoms with Gasteiger partial charge in [-0.05, 0) is 60.7 Å². The molecule has 1 fully saturated rings. The first-order chi connectivity index (χ1) is 13.7. The molecular weight excluding hydrogens is 359 g/mol. The lowest BCUT2D eigenvalue weighted by atomic mass is 10.0. The summed E-state index contributed by atoms with van der Waals surface area (Å²) < 4.78 is 18.8. The maximum atomic E-state index is 13.3. The number of H-pyrrole nitrogens is 1. The van der Waals surface area contributed by atoms with E-state index in [4.69, 9.17) is 9.57 Å². The molecule has 28 heavy (non-hydrogen) atoms. The van der Waals surface area contributed by atoms with Crippen LogP contribution in [0.25, 0.3) is 22.2 Å². The number of nitrogens with one attached hydrogen (secondary N) is 2. The fraction of sp³-hybridized carbons (Fsp3) is 0.318. The number of hydrogen-bond acceptors (Lipinski definition) is 3. The molecule has 1 aliphatic rings. The van der Waals surface area contributed by atoms with Gasteiger partial charge in [-0.2, -0.15) is 0 Å². The van der Waals surface area contributed by atoms with Gasteiger partial charge < -0.3 is 9.72 Å². The molecule has 1 aliphatic heterocycles. The van der Waals surface area contributed by atoms with E-state index in [2.05, 4.69) is 10.5 Å². The number of hydrogen-bond donors (Lipinski definition) is 2. The first-order valence-electron chi connectivity index (χ1n) is 9.62. The number of fused-ring (bicyclic) bond motifs is 1. The Morgan fingerprint density at radius 2 is 2.00 bits per heavy atom. The topological polar surface area (TPSA) is 63.4 Å². The maximum absolute atomic E-state index is 13.3. The number of rotatable bonds is 6. The van der Waals surface area contributed by atoms with Crippen molar-refractivity contribution in [1.29, 1.82) is 0 Å². The van der Waals surface area contributed by atoms with E-state index in [1.54, 1.807) is 12.1 Å². The Morgan fingerprint density at radius 3 is 2.79 bits per heavy atom. The summed E-state index contributed by atoms with van der Waals surface area (Å²) in [6, 6.07) is 14.3. The van der Waals surface area contributed by atoms with E-state index in [-0.39, 0.29) is 24.4 Å². The predicted octanol–water partition coefficient (Wildman–Crippen LogP) is 4.48. The molecule has 0 radical (unpaired) electrons. The smallest absolute Gasteiger partial charge is 0.243 e. The van der Waals surface area contributed by atoms with Gasteiger partial charge in [0.25, 0.3) is 0 Å². The Bertz CT molecular complexity index is 946. The number of aromatic amines is 1. The Morgan fingerprint density at radius 1 is 1.18 bits per heavy atom. The molecule has 6 heteroatoms. The summed E-state index contributed by atoms with van der Waals surface area (Å²) in [4.78, 5) is 21.0. The van der Waals surface area contributed by atoms with Crippen molar-refractivity contribution in [2.24, 2.45) is 0 Å². The van der Waals surface area contributed by atoms with Crippen molar-refractivity contribution in [1.82, 2.24) is 10.5 Å². The van der Waals surface area contributed by atoms with Gasteiger partial charge in [0.2, 0.25) is 5.91 Å². The molecule has 0 bridgehead atoms. The molecule has 1 atom stereocenters. The SMILES string of the molecule is O=C(CCc1c(-c2ccc(F)cc2)[nH]c2ccccc12)NOC1CCCCO1. The number of hydroxylamine groups is 1. The molecule has 0 aliphatic carbocycles. The van der Waals surface area contributed by atoms with Crippen LogP contribution in [0.2, 0.25) is 0 Å². The van der Waals surface area contributed by atoms with Crippen molar-refractivity contribution in [3.63, 3.8) is 0 Å². The van der Waals surface area contributed by atoms with Gasteiger partial charge in [0.05, 0.1) is 0 Å². The summed E-state index contributed by atoms with van der Waals surface area (Å²) in [6.07, 6.45) is 3.32. The van der Waals surface area contributed by atoms with Gasteiger partial charge in [-0.1, -0.05) is 18.2 Å². The van der Waals surface area contributed by atoms with Gasteiger partial charge in [0.15, 0.2) is 6.29 Å². The van der Waals surface area contributed by atoms with Crippen LogP contribution in [-0.2, 0) is 20.8 Å². The highest BCUT2D eigenvalue weighted by Crippen LogP contribution is 2.31. The average Bonchev–Trinajstić information content (AvgIpc) is 3.10. The van der Waals surface area contributed by atoms with Crippen LogP contribution < -0.4 is 5.48 Å². The summed E-state index contributed by atoms with van der Waals surface area (Å²) >= 11 is 0. The lowest BCUT2D eigenvalue weighted by Crippen LogP contribution is -2.33. The second kappa shape index (κ2) is 8.54. The summed E-state index contributed by atoms with van der Waals surface area (Å²) in [5, 5.41) is 1.06. The standard InChI is InChI=1S/C22H23FN2O3/c23-16-10-8-15(9-11-16)22-18(17-5-1-2-6-19(17)24-22)12-13-20(26)25-28-21-7-3-4-14-27-21/h1-2,5-6,8-11,21,24H,3-4,7,12-14H2,(H,25,26). The van der Waals surface area contributed by atoms with Crippen molar-refractivity contribution in [2.45, 2.75) is 38.4 Å². The third-order valence-electron chi connectivity index (χ3n) is 4.99. The van der Waals surface area contributed by atoms with Gasteiger partial charge in [0.1, 0.15) is 5.82 Å². The molecular formula is C22H23FN2O3. The molecule has 4 rings (SSSR count). The summed E-state index contributed by atoms with van der Waals surface area (Å²) in [7, 11) is 0. The van der Waals surface area contributed by atoms with Crippen molar-refractivity contribution >= 4 is 16.8 Å². The van der Waals surface area contributed by atoms with Crippen LogP contribution in [0.5, 0.6) is 0 Å². The summed E-state index contributed by atoms with van der Waals surface area (Å²) in [5.74, 6) is -0.465. The van der Waals surface area contributed by atoms with Crippen LogP contribution >= 0.6 is 0 Å². The van der Waals surface area contributed by atoms with E-state index >= 15 is 0 Å². The van der Waals surface area contributed by atoms with Crippen molar-refractivity contribution < 1.29 is 18.8 Å². The fourth-order valence-electron chi connectivity index (χ4n) is 3.55. The van der Waals surface area contributed by atoms with E-state index in [1.807, 2.05) is 24.3 Å². The number of para-hydroxylation sites is 1. The van der Waals surface area contributed by atoms with E-state index in [9.17, 15) is 9.18 Å². The number of aryl methyl sites for hydroxylation is 1. The average molecular weight is 382 g/mol. The normalized spacial score (nSPS) is 17.0. The van der Waals surface area contributed by atoms with Crippen LogP contribution in [0.3, 0.4) is 0 Å². The molecule has 1 unspecified atom stereocenters. The highest BCUT2D eigenvalue weighted by atomic mass is 19.1. The number of halogens is 1. The molecule has 146 valence electrons. The third-order valence-corrected chi connectivity index (χ3v) is 4.99. The minimum atomic E-state index is -0.361. The second-order valence-corrected chi connectivity index (χ2v) is 6.97. The van der Waals surface area contributed by atoms with Crippen LogP contribution in [-0.4, -0.2) is 23.8 Å². The van der Waals surface area contributed by atoms with Crippen LogP contribution in [0.1, 0.15) is 31.2 Å². The van der Waals surface area contributed by atoms with E-state index in [1.165, 1.54) is 12.1 Å². The molecule has 3 aromatic rings. The molecule has 1 amide bonds. The molecule has 1 aromatic heterocycles. The number of carbonyl (C=O) groups is 1. The van der Waals surface area contributed by atoms with Crippen LogP contribution in [0, 0.1) is 5.82 Å². The lowest BCUT2D eigenvalue weighted by Gasteiger charge is -2.22. The first-order valence-corrected chi connectivity index (χ1v) is 9.62. The lowest BCUT2D eigenvalue weighted by molar-refractivity contribution is -0.200. The largest absolute Gasteiger partial charge is 0.354 e. The minimum absolute atomic E-state index is 0.190. The zero-order valence-electron chi connectivity index (χ0n) is 15.5. The van der Waals surface area contributed by atoms with Gasteiger partial charge in [-0.25, -0.2) is 14.7 Å². The summed E-state index contributed by atoms with van der Waals surface area (Å²) in [6.45, 7) is 0.664. The number of amides is 1. The van der Waals surface area contributed by atoms with Crippen LogP contribution in [0.15, 0.2) is 48.5 Å². The molecule has 2 heterocycles. The molecule has 1 saturated heterocycles. The Labute approximate surface area is 162 Å². The fourth-order valence-corrected chi connectivity index (χ4v) is 3.55. The number of aromatic nitrogens is 1. The van der Waals surface area contributed by atoms with Crippen molar-refractivity contribution in [2.75, 3.05) is 6.61 Å². The van der Waals surface area contributed by atoms with E-state index in [0.717, 1.165) is 47.0 Å². The monoisotopic (exact) mass is 382 g/mol. The van der Waals surface area contributed by atoms with E-state index < -0.39 is 0 Å². The maximum Gasteiger partial charge on any atom is 0.243 e. The Balaban J connectivity index is 1.48. The van der Waals surface area contributed by atoms with Crippen molar-refractivity contribution in [3.8, 4) is 11.3 Å². The quantitative estimate of drug-likeness (QED) is 0.618. The molecule has 2 N–H and O–H groups in total.